The van der Waals surface area contributed by atoms with Crippen molar-refractivity contribution < 1.29 is 9.90 Å². The zero-order valence-corrected chi connectivity index (χ0v) is 11.4. The standard InChI is InChI=1S/C13H17N3O2S/c14-8-10-4-7-19-13(10)15-12(18)3-6-16-5-1-2-11(16)9-17/h4,7,11,17H,1-3,5-6,9H2,(H,15,18)/t11-/m1/s1. The topological polar surface area (TPSA) is 76.4 Å². The number of hydrogen-bond acceptors (Lipinski definition) is 5. The molecule has 1 atom stereocenters. The molecule has 1 amide bonds. The molecule has 0 aliphatic carbocycles. The molecule has 2 N–H and O–H groups in total. The summed E-state index contributed by atoms with van der Waals surface area (Å²) in [6.45, 7) is 1.76. The Labute approximate surface area is 116 Å². The van der Waals surface area contributed by atoms with Crippen molar-refractivity contribution in [3.63, 3.8) is 0 Å². The van der Waals surface area contributed by atoms with Crippen LogP contribution in [0.25, 0.3) is 0 Å². The second kappa shape index (κ2) is 6.66. The highest BCUT2D eigenvalue weighted by Gasteiger charge is 2.23. The Bertz CT molecular complexity index is 480. The number of carbonyl (C=O) groups is 1. The fourth-order valence-corrected chi connectivity index (χ4v) is 3.08. The Kier molecular flexibility index (Phi) is 4.91. The van der Waals surface area contributed by atoms with Gasteiger partial charge in [0, 0.05) is 19.0 Å². The monoisotopic (exact) mass is 279 g/mol. The van der Waals surface area contributed by atoms with Crippen molar-refractivity contribution in [2.75, 3.05) is 25.0 Å². The lowest BCUT2D eigenvalue weighted by Gasteiger charge is -2.21. The second-order valence-electron chi connectivity index (χ2n) is 4.59. The Morgan fingerprint density at radius 3 is 3.26 bits per heavy atom. The normalized spacial score (nSPS) is 19.3. The van der Waals surface area contributed by atoms with Crippen molar-refractivity contribution in [2.45, 2.75) is 25.3 Å². The van der Waals surface area contributed by atoms with E-state index in [-0.39, 0.29) is 18.6 Å². The Morgan fingerprint density at radius 2 is 2.53 bits per heavy atom. The molecule has 1 fully saturated rings. The van der Waals surface area contributed by atoms with Gasteiger partial charge in [-0.25, -0.2) is 0 Å². The van der Waals surface area contributed by atoms with E-state index in [1.807, 2.05) is 6.07 Å². The molecular weight excluding hydrogens is 262 g/mol. The maximum Gasteiger partial charge on any atom is 0.226 e. The van der Waals surface area contributed by atoms with E-state index in [0.29, 0.717) is 23.5 Å². The first kappa shape index (κ1) is 14.0. The Morgan fingerprint density at radius 1 is 1.68 bits per heavy atom. The summed E-state index contributed by atoms with van der Waals surface area (Å²) >= 11 is 1.36. The fourth-order valence-electron chi connectivity index (χ4n) is 2.32. The zero-order chi connectivity index (χ0) is 13.7. The van der Waals surface area contributed by atoms with Gasteiger partial charge in [-0.15, -0.1) is 11.3 Å². The highest BCUT2D eigenvalue weighted by Crippen LogP contribution is 2.22. The molecule has 0 aromatic carbocycles. The number of anilines is 1. The van der Waals surface area contributed by atoms with Crippen LogP contribution < -0.4 is 5.32 Å². The summed E-state index contributed by atoms with van der Waals surface area (Å²) < 4.78 is 0. The molecule has 1 aromatic heterocycles. The van der Waals surface area contributed by atoms with Crippen LogP contribution in [0.4, 0.5) is 5.00 Å². The third-order valence-electron chi connectivity index (χ3n) is 3.37. The van der Waals surface area contributed by atoms with Crippen LogP contribution in [-0.4, -0.2) is 41.7 Å². The number of amides is 1. The van der Waals surface area contributed by atoms with Crippen molar-refractivity contribution in [1.29, 1.82) is 5.26 Å². The van der Waals surface area contributed by atoms with Gasteiger partial charge in [-0.2, -0.15) is 5.26 Å². The minimum absolute atomic E-state index is 0.0810. The van der Waals surface area contributed by atoms with Gasteiger partial charge in [0.15, 0.2) is 0 Å². The molecule has 1 saturated heterocycles. The minimum Gasteiger partial charge on any atom is -0.395 e. The molecule has 6 heteroatoms. The Balaban J connectivity index is 1.81. The highest BCUT2D eigenvalue weighted by atomic mass is 32.1. The van der Waals surface area contributed by atoms with Gasteiger partial charge in [-0.1, -0.05) is 0 Å². The maximum absolute atomic E-state index is 11.8. The third kappa shape index (κ3) is 3.53. The summed E-state index contributed by atoms with van der Waals surface area (Å²) in [5, 5.41) is 23.2. The van der Waals surface area contributed by atoms with Crippen LogP contribution >= 0.6 is 11.3 Å². The lowest BCUT2D eigenvalue weighted by atomic mass is 10.2. The quantitative estimate of drug-likeness (QED) is 0.854. The second-order valence-corrected chi connectivity index (χ2v) is 5.50. The van der Waals surface area contributed by atoms with Crippen molar-refractivity contribution >= 4 is 22.2 Å². The van der Waals surface area contributed by atoms with E-state index in [1.54, 1.807) is 11.4 Å². The zero-order valence-electron chi connectivity index (χ0n) is 10.6. The first-order chi connectivity index (χ1) is 9.24. The predicted molar refractivity (Wildman–Crippen MR) is 74.0 cm³/mol. The van der Waals surface area contributed by atoms with Gasteiger partial charge in [0.25, 0.3) is 0 Å². The number of hydrogen-bond donors (Lipinski definition) is 2. The third-order valence-corrected chi connectivity index (χ3v) is 4.20. The van der Waals surface area contributed by atoms with Gasteiger partial charge in [-0.05, 0) is 30.8 Å². The lowest BCUT2D eigenvalue weighted by Crippen LogP contribution is -2.34. The van der Waals surface area contributed by atoms with E-state index in [2.05, 4.69) is 10.2 Å². The smallest absolute Gasteiger partial charge is 0.226 e. The predicted octanol–water partition coefficient (Wildman–Crippen LogP) is 1.41. The molecule has 2 heterocycles. The van der Waals surface area contributed by atoms with Crippen LogP contribution in [0, 0.1) is 11.3 Å². The number of aliphatic hydroxyl groups excluding tert-OH is 1. The summed E-state index contributed by atoms with van der Waals surface area (Å²) in [4.78, 5) is 14.0. The van der Waals surface area contributed by atoms with Crippen LogP contribution in [0.3, 0.4) is 0 Å². The van der Waals surface area contributed by atoms with Gasteiger partial charge in [0.1, 0.15) is 11.1 Å². The van der Waals surface area contributed by atoms with Crippen LogP contribution in [0.1, 0.15) is 24.8 Å². The molecule has 0 bridgehead atoms. The van der Waals surface area contributed by atoms with E-state index >= 15 is 0 Å². The van der Waals surface area contributed by atoms with Gasteiger partial charge in [0.2, 0.25) is 5.91 Å². The van der Waals surface area contributed by atoms with Crippen LogP contribution in [0.15, 0.2) is 11.4 Å². The molecule has 1 aliphatic rings. The summed E-state index contributed by atoms with van der Waals surface area (Å²) in [6, 6.07) is 3.94. The fraction of sp³-hybridized carbons (Fsp3) is 0.538. The van der Waals surface area contributed by atoms with E-state index < -0.39 is 0 Å². The molecule has 0 unspecified atom stereocenters. The lowest BCUT2D eigenvalue weighted by molar-refractivity contribution is -0.116. The average molecular weight is 279 g/mol. The molecule has 1 aromatic rings. The van der Waals surface area contributed by atoms with E-state index in [9.17, 15) is 9.90 Å². The number of thiophene rings is 1. The number of nitriles is 1. The first-order valence-electron chi connectivity index (χ1n) is 6.37. The SMILES string of the molecule is N#Cc1ccsc1NC(=O)CCN1CCC[C@@H]1CO. The molecular formula is C13H17N3O2S. The number of nitrogens with one attached hydrogen (secondary N) is 1. The van der Waals surface area contributed by atoms with Crippen LogP contribution in [-0.2, 0) is 4.79 Å². The van der Waals surface area contributed by atoms with Crippen molar-refractivity contribution in [2.24, 2.45) is 0 Å². The molecule has 0 radical (unpaired) electrons. The molecule has 2 rings (SSSR count). The number of rotatable bonds is 5. The number of nitrogens with zero attached hydrogens (tertiary/aromatic N) is 2. The number of carbonyl (C=O) groups excluding carboxylic acids is 1. The van der Waals surface area contributed by atoms with Crippen molar-refractivity contribution in [1.82, 2.24) is 4.90 Å². The number of aliphatic hydroxyl groups is 1. The van der Waals surface area contributed by atoms with Crippen LogP contribution in [0.5, 0.6) is 0 Å². The maximum atomic E-state index is 11.8. The van der Waals surface area contributed by atoms with Crippen molar-refractivity contribution in [3.05, 3.63) is 17.0 Å². The molecule has 0 saturated carbocycles. The molecule has 102 valence electrons. The van der Waals surface area contributed by atoms with Crippen LogP contribution in [0.2, 0.25) is 0 Å². The summed E-state index contributed by atoms with van der Waals surface area (Å²) in [7, 11) is 0. The number of likely N-dealkylation sites (tertiary alicyclic amines) is 1. The summed E-state index contributed by atoms with van der Waals surface area (Å²) in [5.41, 5.74) is 0.507. The van der Waals surface area contributed by atoms with Gasteiger partial charge in [-0.3, -0.25) is 9.69 Å². The average Bonchev–Trinajstić information content (AvgIpc) is 3.04. The van der Waals surface area contributed by atoms with Gasteiger partial charge >= 0.3 is 0 Å². The highest BCUT2D eigenvalue weighted by molar-refractivity contribution is 7.14. The first-order valence-corrected chi connectivity index (χ1v) is 7.25. The van der Waals surface area contributed by atoms with E-state index in [1.165, 1.54) is 11.3 Å². The molecule has 1 aliphatic heterocycles. The molecule has 19 heavy (non-hydrogen) atoms. The Hall–Kier alpha value is -1.42. The summed E-state index contributed by atoms with van der Waals surface area (Å²) in [6.07, 6.45) is 2.47. The summed E-state index contributed by atoms with van der Waals surface area (Å²) in [5.74, 6) is -0.0810. The van der Waals surface area contributed by atoms with E-state index in [4.69, 9.17) is 5.26 Å². The van der Waals surface area contributed by atoms with E-state index in [0.717, 1.165) is 19.4 Å². The molecule has 5 nitrogen and oxygen atoms in total. The van der Waals surface area contributed by atoms with Gasteiger partial charge in [0.05, 0.1) is 12.2 Å². The molecule has 0 spiro atoms. The van der Waals surface area contributed by atoms with Gasteiger partial charge < -0.3 is 10.4 Å². The minimum atomic E-state index is -0.0810. The van der Waals surface area contributed by atoms with Crippen molar-refractivity contribution in [3.8, 4) is 6.07 Å². The largest absolute Gasteiger partial charge is 0.395 e.